The Morgan fingerprint density at radius 1 is 1.14 bits per heavy atom. The highest BCUT2D eigenvalue weighted by Gasteiger charge is 2.10. The van der Waals surface area contributed by atoms with Gasteiger partial charge in [0, 0.05) is 10.2 Å². The van der Waals surface area contributed by atoms with Crippen LogP contribution in [-0.4, -0.2) is 18.5 Å². The van der Waals surface area contributed by atoms with Crippen LogP contribution < -0.4 is 5.32 Å². The van der Waals surface area contributed by atoms with E-state index in [-0.39, 0.29) is 0 Å². The molecule has 21 heavy (non-hydrogen) atoms. The van der Waals surface area contributed by atoms with E-state index in [0.29, 0.717) is 11.3 Å². The van der Waals surface area contributed by atoms with E-state index in [4.69, 9.17) is 4.74 Å². The van der Waals surface area contributed by atoms with E-state index in [1.54, 1.807) is 24.3 Å². The molecule has 6 heteroatoms. The summed E-state index contributed by atoms with van der Waals surface area (Å²) in [4.78, 5) is 23.3. The van der Waals surface area contributed by atoms with Crippen molar-refractivity contribution in [3.63, 3.8) is 0 Å². The largest absolute Gasteiger partial charge is 0.452 e. The van der Waals surface area contributed by atoms with E-state index >= 15 is 0 Å². The Bertz CT molecular complexity index is 658. The van der Waals surface area contributed by atoms with Crippen molar-refractivity contribution in [2.24, 2.45) is 0 Å². The first-order valence-corrected chi connectivity index (χ1v) is 6.82. The Morgan fingerprint density at radius 3 is 2.52 bits per heavy atom. The molecule has 0 heterocycles. The summed E-state index contributed by atoms with van der Waals surface area (Å²) >= 11 is 3.24. The van der Waals surface area contributed by atoms with Gasteiger partial charge in [-0.05, 0) is 42.5 Å². The minimum absolute atomic E-state index is 0.346. The summed E-state index contributed by atoms with van der Waals surface area (Å²) in [5, 5.41) is 2.50. The van der Waals surface area contributed by atoms with Crippen molar-refractivity contribution in [3.05, 3.63) is 64.4 Å². The second-order valence-electron chi connectivity index (χ2n) is 4.14. The van der Waals surface area contributed by atoms with Crippen LogP contribution in [0.5, 0.6) is 0 Å². The monoisotopic (exact) mass is 351 g/mol. The van der Waals surface area contributed by atoms with Crippen molar-refractivity contribution in [1.82, 2.24) is 0 Å². The minimum Gasteiger partial charge on any atom is -0.452 e. The van der Waals surface area contributed by atoms with Gasteiger partial charge in [0.1, 0.15) is 5.82 Å². The third kappa shape index (κ3) is 4.68. The van der Waals surface area contributed by atoms with Crippen LogP contribution in [-0.2, 0) is 9.53 Å². The second-order valence-corrected chi connectivity index (χ2v) is 5.06. The van der Waals surface area contributed by atoms with E-state index in [9.17, 15) is 14.0 Å². The summed E-state index contributed by atoms with van der Waals surface area (Å²) < 4.78 is 18.4. The molecule has 0 aromatic heterocycles. The highest BCUT2D eigenvalue weighted by molar-refractivity contribution is 9.10. The standard InChI is InChI=1S/C15H11BrFNO3/c16-11-3-1-2-10(8-11)15(20)21-9-14(19)18-13-6-4-12(17)5-7-13/h1-8H,9H2,(H,18,19). The summed E-state index contributed by atoms with van der Waals surface area (Å²) in [6.45, 7) is -0.414. The van der Waals surface area contributed by atoms with E-state index in [0.717, 1.165) is 4.47 Å². The summed E-state index contributed by atoms with van der Waals surface area (Å²) in [5.41, 5.74) is 0.777. The van der Waals surface area contributed by atoms with E-state index < -0.39 is 24.3 Å². The number of hydrogen-bond acceptors (Lipinski definition) is 3. The molecule has 0 saturated heterocycles. The fraction of sp³-hybridized carbons (Fsp3) is 0.0667. The molecule has 4 nitrogen and oxygen atoms in total. The van der Waals surface area contributed by atoms with E-state index in [1.807, 2.05) is 0 Å². The van der Waals surface area contributed by atoms with Crippen molar-refractivity contribution >= 4 is 33.5 Å². The fourth-order valence-electron chi connectivity index (χ4n) is 1.56. The molecule has 0 radical (unpaired) electrons. The maximum absolute atomic E-state index is 12.7. The number of anilines is 1. The van der Waals surface area contributed by atoms with E-state index in [1.165, 1.54) is 24.3 Å². The van der Waals surface area contributed by atoms with Gasteiger partial charge in [0.2, 0.25) is 0 Å². The van der Waals surface area contributed by atoms with Crippen molar-refractivity contribution in [1.29, 1.82) is 0 Å². The van der Waals surface area contributed by atoms with Gasteiger partial charge >= 0.3 is 5.97 Å². The number of rotatable bonds is 4. The van der Waals surface area contributed by atoms with Crippen LogP contribution in [0.2, 0.25) is 0 Å². The topological polar surface area (TPSA) is 55.4 Å². The number of benzene rings is 2. The first-order valence-electron chi connectivity index (χ1n) is 6.03. The highest BCUT2D eigenvalue weighted by atomic mass is 79.9. The predicted octanol–water partition coefficient (Wildman–Crippen LogP) is 3.38. The smallest absolute Gasteiger partial charge is 0.338 e. The number of hydrogen-bond donors (Lipinski definition) is 1. The molecule has 0 fully saturated rings. The summed E-state index contributed by atoms with van der Waals surface area (Å²) in [6, 6.07) is 11.9. The molecule has 0 aliphatic heterocycles. The number of halogens is 2. The molecule has 0 bridgehead atoms. The van der Waals surface area contributed by atoms with Crippen LogP contribution in [0, 0.1) is 5.82 Å². The van der Waals surface area contributed by atoms with Gasteiger partial charge in [-0.25, -0.2) is 9.18 Å². The molecular formula is C15H11BrFNO3. The lowest BCUT2D eigenvalue weighted by molar-refractivity contribution is -0.119. The SMILES string of the molecule is O=C(COC(=O)c1cccc(Br)c1)Nc1ccc(F)cc1. The summed E-state index contributed by atoms with van der Waals surface area (Å²) in [6.07, 6.45) is 0. The molecular weight excluding hydrogens is 341 g/mol. The number of amides is 1. The normalized spacial score (nSPS) is 10.0. The quantitative estimate of drug-likeness (QED) is 0.859. The molecule has 2 aromatic rings. The number of ether oxygens (including phenoxy) is 1. The first kappa shape index (κ1) is 15.2. The van der Waals surface area contributed by atoms with Crippen molar-refractivity contribution < 1.29 is 18.7 Å². The number of carbonyl (C=O) groups excluding carboxylic acids is 2. The van der Waals surface area contributed by atoms with Gasteiger partial charge in [0.15, 0.2) is 6.61 Å². The van der Waals surface area contributed by atoms with Gasteiger partial charge < -0.3 is 10.1 Å². The maximum atomic E-state index is 12.7. The van der Waals surface area contributed by atoms with Crippen molar-refractivity contribution in [3.8, 4) is 0 Å². The van der Waals surface area contributed by atoms with Gasteiger partial charge in [-0.2, -0.15) is 0 Å². The van der Waals surface area contributed by atoms with Gasteiger partial charge in [-0.3, -0.25) is 4.79 Å². The zero-order valence-electron chi connectivity index (χ0n) is 10.8. The van der Waals surface area contributed by atoms with E-state index in [2.05, 4.69) is 21.2 Å². The zero-order chi connectivity index (χ0) is 15.2. The van der Waals surface area contributed by atoms with Crippen molar-refractivity contribution in [2.45, 2.75) is 0 Å². The van der Waals surface area contributed by atoms with Gasteiger partial charge in [0.05, 0.1) is 5.56 Å². The van der Waals surface area contributed by atoms with Gasteiger partial charge in [-0.1, -0.05) is 22.0 Å². The van der Waals surface area contributed by atoms with Crippen LogP contribution in [0.1, 0.15) is 10.4 Å². The third-order valence-electron chi connectivity index (χ3n) is 2.52. The lowest BCUT2D eigenvalue weighted by Crippen LogP contribution is -2.20. The highest BCUT2D eigenvalue weighted by Crippen LogP contribution is 2.12. The Balaban J connectivity index is 1.86. The molecule has 0 aliphatic carbocycles. The lowest BCUT2D eigenvalue weighted by atomic mass is 10.2. The maximum Gasteiger partial charge on any atom is 0.338 e. The molecule has 0 spiro atoms. The molecule has 0 unspecified atom stereocenters. The minimum atomic E-state index is -0.592. The number of carbonyl (C=O) groups is 2. The summed E-state index contributed by atoms with van der Waals surface area (Å²) in [5.74, 6) is -1.48. The summed E-state index contributed by atoms with van der Waals surface area (Å²) in [7, 11) is 0. The van der Waals surface area contributed by atoms with Crippen LogP contribution in [0.25, 0.3) is 0 Å². The second kappa shape index (κ2) is 6.99. The third-order valence-corrected chi connectivity index (χ3v) is 3.02. The Morgan fingerprint density at radius 2 is 1.86 bits per heavy atom. The van der Waals surface area contributed by atoms with Crippen LogP contribution in [0.4, 0.5) is 10.1 Å². The fourth-order valence-corrected chi connectivity index (χ4v) is 1.96. The van der Waals surface area contributed by atoms with Crippen LogP contribution in [0.3, 0.4) is 0 Å². The molecule has 2 rings (SSSR count). The molecule has 1 amide bonds. The van der Waals surface area contributed by atoms with Crippen molar-refractivity contribution in [2.75, 3.05) is 11.9 Å². The molecule has 0 atom stereocenters. The Hall–Kier alpha value is -2.21. The Kier molecular flexibility index (Phi) is 5.05. The van der Waals surface area contributed by atoms with Gasteiger partial charge in [0.25, 0.3) is 5.91 Å². The predicted molar refractivity (Wildman–Crippen MR) is 79.5 cm³/mol. The van der Waals surface area contributed by atoms with Gasteiger partial charge in [-0.15, -0.1) is 0 Å². The zero-order valence-corrected chi connectivity index (χ0v) is 12.4. The molecule has 2 aromatic carbocycles. The molecule has 0 saturated carbocycles. The first-order chi connectivity index (χ1) is 10.0. The molecule has 1 N–H and O–H groups in total. The molecule has 108 valence electrons. The molecule has 0 aliphatic rings. The number of esters is 1. The number of nitrogens with one attached hydrogen (secondary N) is 1. The Labute approximate surface area is 129 Å². The van der Waals surface area contributed by atoms with Crippen LogP contribution in [0.15, 0.2) is 53.0 Å². The lowest BCUT2D eigenvalue weighted by Gasteiger charge is -2.06. The average Bonchev–Trinajstić information content (AvgIpc) is 2.47. The average molecular weight is 352 g/mol. The van der Waals surface area contributed by atoms with Crippen LogP contribution >= 0.6 is 15.9 Å².